The van der Waals surface area contributed by atoms with E-state index in [-0.39, 0.29) is 17.6 Å². The molecule has 0 saturated carbocycles. The number of anilines is 2. The van der Waals surface area contributed by atoms with Crippen LogP contribution in [0.5, 0.6) is 11.5 Å². The van der Waals surface area contributed by atoms with Crippen molar-refractivity contribution in [1.29, 1.82) is 0 Å². The Morgan fingerprint density at radius 3 is 2.66 bits per heavy atom. The molecule has 168 valence electrons. The number of hydrogen-bond donors (Lipinski definition) is 2. The van der Waals surface area contributed by atoms with E-state index in [4.69, 9.17) is 26.8 Å². The SMILES string of the molecule is COc1cc2ncnc(Nc3ccc(F)c(Cl)c3F)c2cc1OC1CCN(C(N)=O)CC1. The number of nitrogens with zero attached hydrogens (tertiary/aromatic N) is 3. The summed E-state index contributed by atoms with van der Waals surface area (Å²) >= 11 is 5.68. The Hall–Kier alpha value is -3.40. The molecule has 4 rings (SSSR count). The third-order valence-electron chi connectivity index (χ3n) is 5.26. The summed E-state index contributed by atoms with van der Waals surface area (Å²) in [7, 11) is 1.51. The third-order valence-corrected chi connectivity index (χ3v) is 5.60. The maximum absolute atomic E-state index is 14.4. The van der Waals surface area contributed by atoms with Crippen molar-refractivity contribution in [3.63, 3.8) is 0 Å². The van der Waals surface area contributed by atoms with Gasteiger partial charge in [-0.1, -0.05) is 11.6 Å². The molecular formula is C21H20ClF2N5O3. The number of aromatic nitrogens is 2. The fourth-order valence-electron chi connectivity index (χ4n) is 3.54. The Morgan fingerprint density at radius 2 is 1.97 bits per heavy atom. The van der Waals surface area contributed by atoms with Crippen LogP contribution in [0.25, 0.3) is 10.9 Å². The summed E-state index contributed by atoms with van der Waals surface area (Å²) in [5.74, 6) is -0.578. The molecule has 11 heteroatoms. The first-order chi connectivity index (χ1) is 15.4. The highest BCUT2D eigenvalue weighted by Gasteiger charge is 2.24. The second-order valence-electron chi connectivity index (χ2n) is 7.23. The highest BCUT2D eigenvalue weighted by Crippen LogP contribution is 2.37. The molecule has 3 N–H and O–H groups in total. The zero-order valence-corrected chi connectivity index (χ0v) is 17.8. The van der Waals surface area contributed by atoms with Crippen LogP contribution >= 0.6 is 11.6 Å². The predicted octanol–water partition coefficient (Wildman–Crippen LogP) is 4.24. The Labute approximate surface area is 187 Å². The molecule has 2 amide bonds. The number of methoxy groups -OCH3 is 1. The lowest BCUT2D eigenvalue weighted by molar-refractivity contribution is 0.111. The van der Waals surface area contributed by atoms with Gasteiger partial charge in [0.05, 0.1) is 18.3 Å². The maximum atomic E-state index is 14.4. The van der Waals surface area contributed by atoms with Crippen LogP contribution in [0.4, 0.5) is 25.1 Å². The van der Waals surface area contributed by atoms with Gasteiger partial charge in [0.1, 0.15) is 29.1 Å². The van der Waals surface area contributed by atoms with Gasteiger partial charge in [0.15, 0.2) is 17.3 Å². The number of urea groups is 1. The standard InChI is InChI=1S/C21H20ClF2N5O3/c1-31-16-9-15-12(8-17(16)32-11-4-6-29(7-5-11)21(25)30)20(27-10-26-15)28-14-3-2-13(23)18(22)19(14)24/h2-3,8-11H,4-7H2,1H3,(H2,25,30)(H,26,27,28). The normalized spacial score (nSPS) is 14.4. The van der Waals surface area contributed by atoms with Crippen molar-refractivity contribution < 1.29 is 23.0 Å². The molecule has 3 aromatic rings. The van der Waals surface area contributed by atoms with E-state index in [0.717, 1.165) is 6.07 Å². The molecule has 1 fully saturated rings. The number of hydrogen-bond acceptors (Lipinski definition) is 6. The molecule has 1 aliphatic heterocycles. The monoisotopic (exact) mass is 463 g/mol. The fraction of sp³-hybridized carbons (Fsp3) is 0.286. The molecule has 8 nitrogen and oxygen atoms in total. The summed E-state index contributed by atoms with van der Waals surface area (Å²) in [6.07, 6.45) is 2.39. The van der Waals surface area contributed by atoms with Crippen molar-refractivity contribution in [3.8, 4) is 11.5 Å². The summed E-state index contributed by atoms with van der Waals surface area (Å²) in [4.78, 5) is 21.3. The van der Waals surface area contributed by atoms with Gasteiger partial charge in [-0.25, -0.2) is 23.5 Å². The largest absolute Gasteiger partial charge is 0.493 e. The molecule has 0 radical (unpaired) electrons. The zero-order valence-electron chi connectivity index (χ0n) is 17.1. The molecule has 0 bridgehead atoms. The molecule has 0 unspecified atom stereocenters. The fourth-order valence-corrected chi connectivity index (χ4v) is 3.70. The van der Waals surface area contributed by atoms with Crippen LogP contribution < -0.4 is 20.5 Å². The van der Waals surface area contributed by atoms with E-state index >= 15 is 0 Å². The minimum atomic E-state index is -0.926. The van der Waals surface area contributed by atoms with Crippen LogP contribution in [0.3, 0.4) is 0 Å². The summed E-state index contributed by atoms with van der Waals surface area (Å²) in [6, 6.07) is 5.22. The lowest BCUT2D eigenvalue weighted by Gasteiger charge is -2.31. The molecule has 0 spiro atoms. The minimum Gasteiger partial charge on any atom is -0.493 e. The van der Waals surface area contributed by atoms with Crippen molar-refractivity contribution in [2.24, 2.45) is 5.73 Å². The van der Waals surface area contributed by atoms with Crippen LogP contribution in [-0.4, -0.2) is 47.2 Å². The van der Waals surface area contributed by atoms with E-state index in [9.17, 15) is 13.6 Å². The van der Waals surface area contributed by atoms with E-state index in [2.05, 4.69) is 15.3 Å². The first-order valence-electron chi connectivity index (χ1n) is 9.81. The Balaban J connectivity index is 1.65. The van der Waals surface area contributed by atoms with E-state index < -0.39 is 22.7 Å². The van der Waals surface area contributed by atoms with E-state index in [1.165, 1.54) is 19.5 Å². The lowest BCUT2D eigenvalue weighted by atomic mass is 10.1. The minimum absolute atomic E-state index is 0.0338. The second kappa shape index (κ2) is 8.99. The summed E-state index contributed by atoms with van der Waals surface area (Å²) in [5.41, 5.74) is 5.83. The number of carbonyl (C=O) groups excluding carboxylic acids is 1. The number of nitrogens with two attached hydrogens (primary N) is 1. The van der Waals surface area contributed by atoms with Crippen LogP contribution in [0.15, 0.2) is 30.6 Å². The van der Waals surface area contributed by atoms with Crippen molar-refractivity contribution in [1.82, 2.24) is 14.9 Å². The highest BCUT2D eigenvalue weighted by atomic mass is 35.5. The van der Waals surface area contributed by atoms with Crippen molar-refractivity contribution in [2.45, 2.75) is 18.9 Å². The summed E-state index contributed by atoms with van der Waals surface area (Å²) < 4.78 is 39.5. The van der Waals surface area contributed by atoms with Gasteiger partial charge in [0.25, 0.3) is 0 Å². The first-order valence-corrected chi connectivity index (χ1v) is 10.2. The van der Waals surface area contributed by atoms with Gasteiger partial charge >= 0.3 is 6.03 Å². The van der Waals surface area contributed by atoms with E-state index in [0.29, 0.717) is 48.3 Å². The predicted molar refractivity (Wildman–Crippen MR) is 116 cm³/mol. The molecule has 1 aromatic heterocycles. The van der Waals surface area contributed by atoms with Crippen LogP contribution in [0.2, 0.25) is 5.02 Å². The zero-order chi connectivity index (χ0) is 22.8. The van der Waals surface area contributed by atoms with Gasteiger partial charge in [-0.15, -0.1) is 0 Å². The third kappa shape index (κ3) is 4.31. The molecule has 1 saturated heterocycles. The van der Waals surface area contributed by atoms with Crippen LogP contribution in [0, 0.1) is 11.6 Å². The lowest BCUT2D eigenvalue weighted by Crippen LogP contribution is -2.44. The van der Waals surface area contributed by atoms with E-state index in [1.54, 1.807) is 17.0 Å². The number of nitrogens with one attached hydrogen (secondary N) is 1. The molecule has 0 aliphatic carbocycles. The Kier molecular flexibility index (Phi) is 6.13. The van der Waals surface area contributed by atoms with Crippen molar-refractivity contribution in [3.05, 3.63) is 47.2 Å². The maximum Gasteiger partial charge on any atom is 0.314 e. The molecule has 1 aliphatic rings. The highest BCUT2D eigenvalue weighted by molar-refractivity contribution is 6.31. The van der Waals surface area contributed by atoms with Gasteiger partial charge in [-0.3, -0.25) is 0 Å². The number of likely N-dealkylation sites (tertiary alicyclic amines) is 1. The number of carbonyl (C=O) groups is 1. The molecular weight excluding hydrogens is 444 g/mol. The van der Waals surface area contributed by atoms with Crippen LogP contribution in [-0.2, 0) is 0 Å². The first kappa shape index (κ1) is 21.8. The number of ether oxygens (including phenoxy) is 2. The van der Waals surface area contributed by atoms with Crippen LogP contribution in [0.1, 0.15) is 12.8 Å². The number of piperidine rings is 1. The molecule has 2 heterocycles. The number of primary amides is 1. The van der Waals surface area contributed by atoms with Gasteiger partial charge in [-0.2, -0.15) is 0 Å². The van der Waals surface area contributed by atoms with Crippen molar-refractivity contribution >= 4 is 40.0 Å². The smallest absolute Gasteiger partial charge is 0.314 e. The number of benzene rings is 2. The molecule has 2 aromatic carbocycles. The van der Waals surface area contributed by atoms with Gasteiger partial charge in [0.2, 0.25) is 0 Å². The Morgan fingerprint density at radius 1 is 1.22 bits per heavy atom. The Bertz CT molecular complexity index is 1170. The van der Waals surface area contributed by atoms with Crippen molar-refractivity contribution in [2.75, 3.05) is 25.5 Å². The average molecular weight is 464 g/mol. The van der Waals surface area contributed by atoms with Gasteiger partial charge in [-0.05, 0) is 18.2 Å². The number of fused-ring (bicyclic) bond motifs is 1. The van der Waals surface area contributed by atoms with E-state index in [1.807, 2.05) is 0 Å². The average Bonchev–Trinajstić information content (AvgIpc) is 2.79. The number of amides is 2. The summed E-state index contributed by atoms with van der Waals surface area (Å²) in [5, 5.41) is 2.77. The van der Waals surface area contributed by atoms with Gasteiger partial charge in [0, 0.05) is 37.4 Å². The van der Waals surface area contributed by atoms with Gasteiger partial charge < -0.3 is 25.4 Å². The molecule has 0 atom stereocenters. The topological polar surface area (TPSA) is 103 Å². The number of halogens is 3. The second-order valence-corrected chi connectivity index (χ2v) is 7.61. The number of rotatable bonds is 5. The quantitative estimate of drug-likeness (QED) is 0.549. The summed E-state index contributed by atoms with van der Waals surface area (Å²) in [6.45, 7) is 0.993. The molecule has 32 heavy (non-hydrogen) atoms.